The summed E-state index contributed by atoms with van der Waals surface area (Å²) in [5, 5.41) is 3.30. The van der Waals surface area contributed by atoms with E-state index in [9.17, 15) is 8.42 Å². The van der Waals surface area contributed by atoms with E-state index in [-0.39, 0.29) is 29.4 Å². The molecule has 0 aromatic heterocycles. The predicted molar refractivity (Wildman–Crippen MR) is 90.5 cm³/mol. The van der Waals surface area contributed by atoms with Crippen LogP contribution in [0.4, 0.5) is 0 Å². The molecule has 2 rings (SSSR count). The van der Waals surface area contributed by atoms with Crippen molar-refractivity contribution in [3.05, 3.63) is 23.3 Å². The van der Waals surface area contributed by atoms with Crippen molar-refractivity contribution in [3.8, 4) is 5.75 Å². The van der Waals surface area contributed by atoms with Crippen molar-refractivity contribution in [1.29, 1.82) is 0 Å². The van der Waals surface area contributed by atoms with Crippen LogP contribution in [0.15, 0.2) is 17.0 Å². The Kier molecular flexibility index (Phi) is 6.67. The van der Waals surface area contributed by atoms with E-state index in [1.165, 1.54) is 7.11 Å². The molecule has 0 bridgehead atoms. The van der Waals surface area contributed by atoms with Crippen LogP contribution in [0.2, 0.25) is 0 Å². The van der Waals surface area contributed by atoms with E-state index < -0.39 is 10.0 Å². The third-order valence-corrected chi connectivity index (χ3v) is 5.62. The average molecular weight is 349 g/mol. The average Bonchev–Trinajstić information content (AvgIpc) is 2.39. The number of rotatable bonds is 4. The monoisotopic (exact) mass is 348 g/mol. The zero-order chi connectivity index (χ0) is 15.6. The molecule has 7 heteroatoms. The topological polar surface area (TPSA) is 67.4 Å². The Bertz CT molecular complexity index is 619. The van der Waals surface area contributed by atoms with E-state index in [1.807, 2.05) is 19.9 Å². The van der Waals surface area contributed by atoms with Crippen molar-refractivity contribution in [2.24, 2.45) is 0 Å². The van der Waals surface area contributed by atoms with Crippen molar-refractivity contribution in [3.63, 3.8) is 0 Å². The molecular formula is C15H25ClN2O3S. The summed E-state index contributed by atoms with van der Waals surface area (Å²) < 4.78 is 33.6. The van der Waals surface area contributed by atoms with Crippen molar-refractivity contribution < 1.29 is 13.2 Å². The van der Waals surface area contributed by atoms with E-state index in [0.717, 1.165) is 24.9 Å². The Morgan fingerprint density at radius 1 is 1.32 bits per heavy atom. The molecule has 0 saturated carbocycles. The summed E-state index contributed by atoms with van der Waals surface area (Å²) in [6.07, 6.45) is 1.82. The molecule has 0 amide bonds. The summed E-state index contributed by atoms with van der Waals surface area (Å²) in [6.45, 7) is 6.66. The SMILES string of the molecule is COc1cc(C)cc(C)c1S(=O)(=O)NC1CCCNC1C.Cl. The number of aryl methyl sites for hydroxylation is 2. The second-order valence-corrected chi connectivity index (χ2v) is 7.38. The van der Waals surface area contributed by atoms with Crippen molar-refractivity contribution in [2.45, 2.75) is 50.6 Å². The zero-order valence-electron chi connectivity index (χ0n) is 13.5. The molecular weight excluding hydrogens is 324 g/mol. The van der Waals surface area contributed by atoms with Gasteiger partial charge in [0, 0.05) is 12.1 Å². The maximum absolute atomic E-state index is 12.7. The lowest BCUT2D eigenvalue weighted by Gasteiger charge is -2.30. The lowest BCUT2D eigenvalue weighted by atomic mass is 10.0. The van der Waals surface area contributed by atoms with Gasteiger partial charge in [-0.15, -0.1) is 12.4 Å². The highest BCUT2D eigenvalue weighted by Gasteiger charge is 2.29. The van der Waals surface area contributed by atoms with Gasteiger partial charge in [-0.25, -0.2) is 13.1 Å². The van der Waals surface area contributed by atoms with E-state index in [0.29, 0.717) is 11.3 Å². The van der Waals surface area contributed by atoms with Gasteiger partial charge in [0.05, 0.1) is 7.11 Å². The highest BCUT2D eigenvalue weighted by Crippen LogP contribution is 2.29. The van der Waals surface area contributed by atoms with E-state index in [2.05, 4.69) is 10.0 Å². The van der Waals surface area contributed by atoms with Crippen LogP contribution >= 0.6 is 12.4 Å². The minimum absolute atomic E-state index is 0. The number of piperidine rings is 1. The number of nitrogens with one attached hydrogen (secondary N) is 2. The van der Waals surface area contributed by atoms with Gasteiger partial charge >= 0.3 is 0 Å². The molecule has 1 saturated heterocycles. The van der Waals surface area contributed by atoms with Crippen LogP contribution < -0.4 is 14.8 Å². The number of methoxy groups -OCH3 is 1. The minimum Gasteiger partial charge on any atom is -0.495 e. The maximum Gasteiger partial charge on any atom is 0.244 e. The molecule has 2 N–H and O–H groups in total. The fourth-order valence-electron chi connectivity index (χ4n) is 2.87. The van der Waals surface area contributed by atoms with Crippen LogP contribution in [-0.2, 0) is 10.0 Å². The van der Waals surface area contributed by atoms with Crippen molar-refractivity contribution >= 4 is 22.4 Å². The standard InChI is InChI=1S/C15H24N2O3S.ClH/c1-10-8-11(2)15(14(9-10)20-4)21(18,19)17-13-6-5-7-16-12(13)3;/h8-9,12-13,16-17H,5-7H2,1-4H3;1H. The van der Waals surface area contributed by atoms with Gasteiger partial charge < -0.3 is 10.1 Å². The summed E-state index contributed by atoms with van der Waals surface area (Å²) in [5.41, 5.74) is 1.69. The smallest absolute Gasteiger partial charge is 0.244 e. The van der Waals surface area contributed by atoms with Gasteiger partial charge in [-0.1, -0.05) is 6.07 Å². The lowest BCUT2D eigenvalue weighted by molar-refractivity contribution is 0.347. The first kappa shape index (κ1) is 19.2. The van der Waals surface area contributed by atoms with Crippen LogP contribution in [-0.4, -0.2) is 34.2 Å². The largest absolute Gasteiger partial charge is 0.495 e. The summed E-state index contributed by atoms with van der Waals surface area (Å²) in [5.74, 6) is 0.399. The molecule has 126 valence electrons. The van der Waals surface area contributed by atoms with Gasteiger partial charge in [0.25, 0.3) is 0 Å². The zero-order valence-corrected chi connectivity index (χ0v) is 15.1. The molecule has 1 fully saturated rings. The second-order valence-electron chi connectivity index (χ2n) is 5.73. The first-order valence-corrected chi connectivity index (χ1v) is 8.74. The molecule has 1 heterocycles. The molecule has 0 aliphatic carbocycles. The number of sulfonamides is 1. The van der Waals surface area contributed by atoms with Gasteiger partial charge in [0.1, 0.15) is 10.6 Å². The third kappa shape index (κ3) is 4.13. The minimum atomic E-state index is -3.60. The van der Waals surface area contributed by atoms with Crippen LogP contribution in [0.3, 0.4) is 0 Å². The second kappa shape index (κ2) is 7.64. The first-order valence-electron chi connectivity index (χ1n) is 7.26. The van der Waals surface area contributed by atoms with Gasteiger partial charge in [-0.05, 0) is 57.4 Å². The van der Waals surface area contributed by atoms with Crippen LogP contribution in [0, 0.1) is 13.8 Å². The molecule has 22 heavy (non-hydrogen) atoms. The number of benzene rings is 1. The number of ether oxygens (including phenoxy) is 1. The first-order chi connectivity index (χ1) is 9.85. The molecule has 1 aliphatic rings. The van der Waals surface area contributed by atoms with Crippen LogP contribution in [0.5, 0.6) is 5.75 Å². The Labute approximate surface area is 139 Å². The Balaban J connectivity index is 0.00000242. The lowest BCUT2D eigenvalue weighted by Crippen LogP contribution is -2.51. The maximum atomic E-state index is 12.7. The highest BCUT2D eigenvalue weighted by molar-refractivity contribution is 7.89. The quantitative estimate of drug-likeness (QED) is 0.875. The van der Waals surface area contributed by atoms with Crippen LogP contribution in [0.25, 0.3) is 0 Å². The summed E-state index contributed by atoms with van der Waals surface area (Å²) >= 11 is 0. The Morgan fingerprint density at radius 3 is 2.59 bits per heavy atom. The fraction of sp³-hybridized carbons (Fsp3) is 0.600. The Morgan fingerprint density at radius 2 is 2.00 bits per heavy atom. The molecule has 2 unspecified atom stereocenters. The van der Waals surface area contributed by atoms with Crippen molar-refractivity contribution in [2.75, 3.05) is 13.7 Å². The molecule has 2 atom stereocenters. The molecule has 0 spiro atoms. The molecule has 0 radical (unpaired) electrons. The number of hydrogen-bond donors (Lipinski definition) is 2. The molecule has 1 aliphatic heterocycles. The third-order valence-electron chi connectivity index (χ3n) is 3.94. The summed E-state index contributed by atoms with van der Waals surface area (Å²) in [7, 11) is -2.10. The van der Waals surface area contributed by atoms with Gasteiger partial charge in [-0.2, -0.15) is 0 Å². The van der Waals surface area contributed by atoms with Gasteiger partial charge in [-0.3, -0.25) is 0 Å². The van der Waals surface area contributed by atoms with Crippen molar-refractivity contribution in [1.82, 2.24) is 10.0 Å². The number of hydrogen-bond acceptors (Lipinski definition) is 4. The van der Waals surface area contributed by atoms with E-state index in [4.69, 9.17) is 4.74 Å². The van der Waals surface area contributed by atoms with Gasteiger partial charge in [0.15, 0.2) is 0 Å². The van der Waals surface area contributed by atoms with E-state index >= 15 is 0 Å². The normalized spacial score (nSPS) is 22.0. The van der Waals surface area contributed by atoms with Gasteiger partial charge in [0.2, 0.25) is 10.0 Å². The molecule has 5 nitrogen and oxygen atoms in total. The van der Waals surface area contributed by atoms with Crippen LogP contribution in [0.1, 0.15) is 30.9 Å². The summed E-state index contributed by atoms with van der Waals surface area (Å²) in [4.78, 5) is 0.244. The highest BCUT2D eigenvalue weighted by atomic mass is 35.5. The molecule has 1 aromatic rings. The fourth-order valence-corrected chi connectivity index (χ4v) is 4.60. The molecule has 1 aromatic carbocycles. The summed E-state index contributed by atoms with van der Waals surface area (Å²) in [6, 6.07) is 3.66. The number of halogens is 1. The predicted octanol–water partition coefficient (Wildman–Crippen LogP) is 2.15. The Hall–Kier alpha value is -0.820. The van der Waals surface area contributed by atoms with E-state index in [1.54, 1.807) is 13.0 Å².